The van der Waals surface area contributed by atoms with Gasteiger partial charge in [-0.25, -0.2) is 4.79 Å². The third-order valence-corrected chi connectivity index (χ3v) is 4.83. The van der Waals surface area contributed by atoms with Crippen molar-refractivity contribution in [2.45, 2.75) is 18.9 Å². The van der Waals surface area contributed by atoms with Crippen molar-refractivity contribution < 1.29 is 33.6 Å². The van der Waals surface area contributed by atoms with E-state index in [2.05, 4.69) is 0 Å². The number of ether oxygens (including phenoxy) is 5. The van der Waals surface area contributed by atoms with Crippen LogP contribution in [0.2, 0.25) is 0 Å². The van der Waals surface area contributed by atoms with Crippen LogP contribution in [0.1, 0.15) is 12.0 Å². The van der Waals surface area contributed by atoms with Gasteiger partial charge in [-0.3, -0.25) is 0 Å². The Kier molecular flexibility index (Phi) is 8.97. The first-order valence-corrected chi connectivity index (χ1v) is 10.6. The fourth-order valence-electron chi connectivity index (χ4n) is 3.10. The van der Waals surface area contributed by atoms with Crippen LogP contribution >= 0.6 is 0 Å². The van der Waals surface area contributed by atoms with E-state index in [0.29, 0.717) is 31.1 Å². The normalized spacial score (nSPS) is 11.5. The molecule has 0 bridgehead atoms. The zero-order chi connectivity index (χ0) is 23.5. The SMILES string of the molecule is COc1cc(C[C@H](OC)C(=O)O)ccc1OCCCOc1ccc(Oc2ccccc2)cc1. The summed E-state index contributed by atoms with van der Waals surface area (Å²) < 4.78 is 27.7. The van der Waals surface area contributed by atoms with Gasteiger partial charge in [0.15, 0.2) is 17.6 Å². The molecule has 0 spiro atoms. The number of benzene rings is 3. The zero-order valence-corrected chi connectivity index (χ0v) is 18.7. The molecule has 7 heteroatoms. The Bertz CT molecular complexity index is 1000. The lowest BCUT2D eigenvalue weighted by molar-refractivity contribution is -0.148. The molecular weight excluding hydrogens is 424 g/mol. The maximum absolute atomic E-state index is 11.2. The lowest BCUT2D eigenvalue weighted by Gasteiger charge is -2.14. The summed E-state index contributed by atoms with van der Waals surface area (Å²) in [7, 11) is 2.92. The van der Waals surface area contributed by atoms with E-state index in [-0.39, 0.29) is 6.42 Å². The van der Waals surface area contributed by atoms with Crippen LogP contribution in [0.3, 0.4) is 0 Å². The molecule has 3 rings (SSSR count). The number of hydrogen-bond donors (Lipinski definition) is 1. The molecule has 0 radical (unpaired) electrons. The predicted octanol–water partition coefficient (Wildman–Crippen LogP) is 4.98. The topological polar surface area (TPSA) is 83.5 Å². The van der Waals surface area contributed by atoms with Crippen LogP contribution in [-0.4, -0.2) is 44.6 Å². The van der Waals surface area contributed by atoms with Gasteiger partial charge in [0, 0.05) is 20.0 Å². The quantitative estimate of drug-likeness (QED) is 0.366. The predicted molar refractivity (Wildman–Crippen MR) is 124 cm³/mol. The molecule has 0 saturated carbocycles. The molecule has 7 nitrogen and oxygen atoms in total. The van der Waals surface area contributed by atoms with E-state index in [1.165, 1.54) is 7.11 Å². The zero-order valence-electron chi connectivity index (χ0n) is 18.7. The molecule has 0 amide bonds. The number of carboxylic acid groups (broad SMARTS) is 1. The van der Waals surface area contributed by atoms with Gasteiger partial charge >= 0.3 is 5.97 Å². The van der Waals surface area contributed by atoms with Crippen molar-refractivity contribution in [2.24, 2.45) is 0 Å². The van der Waals surface area contributed by atoms with Crippen molar-refractivity contribution >= 4 is 5.97 Å². The highest BCUT2D eigenvalue weighted by Crippen LogP contribution is 2.29. The molecule has 3 aromatic rings. The van der Waals surface area contributed by atoms with Gasteiger partial charge in [-0.15, -0.1) is 0 Å². The van der Waals surface area contributed by atoms with Gasteiger partial charge in [0.2, 0.25) is 0 Å². The molecular formula is C26H28O7. The summed E-state index contributed by atoms with van der Waals surface area (Å²) >= 11 is 0. The Morgan fingerprint density at radius 3 is 2.15 bits per heavy atom. The van der Waals surface area contributed by atoms with Crippen molar-refractivity contribution in [3.05, 3.63) is 78.4 Å². The molecule has 0 aliphatic heterocycles. The summed E-state index contributed by atoms with van der Waals surface area (Å²) in [6, 6.07) is 22.4. The van der Waals surface area contributed by atoms with Crippen LogP contribution in [0, 0.1) is 0 Å². The van der Waals surface area contributed by atoms with E-state index in [9.17, 15) is 4.79 Å². The molecule has 1 N–H and O–H groups in total. The summed E-state index contributed by atoms with van der Waals surface area (Å²) in [5, 5.41) is 9.14. The first-order valence-electron chi connectivity index (χ1n) is 10.6. The minimum absolute atomic E-state index is 0.242. The van der Waals surface area contributed by atoms with Crippen LogP contribution in [0.5, 0.6) is 28.7 Å². The van der Waals surface area contributed by atoms with Gasteiger partial charge in [0.1, 0.15) is 17.2 Å². The van der Waals surface area contributed by atoms with E-state index in [4.69, 9.17) is 28.8 Å². The molecule has 0 saturated heterocycles. The van der Waals surface area contributed by atoms with Crippen molar-refractivity contribution in [1.29, 1.82) is 0 Å². The van der Waals surface area contributed by atoms with E-state index >= 15 is 0 Å². The molecule has 0 fully saturated rings. The van der Waals surface area contributed by atoms with Crippen molar-refractivity contribution in [3.8, 4) is 28.7 Å². The summed E-state index contributed by atoms with van der Waals surface area (Å²) in [6.45, 7) is 0.939. The van der Waals surface area contributed by atoms with Gasteiger partial charge < -0.3 is 28.8 Å². The highest BCUT2D eigenvalue weighted by Gasteiger charge is 2.18. The second-order valence-electron chi connectivity index (χ2n) is 7.19. The molecule has 174 valence electrons. The Morgan fingerprint density at radius 1 is 0.818 bits per heavy atom. The minimum atomic E-state index is -1.00. The average Bonchev–Trinajstić information content (AvgIpc) is 2.84. The van der Waals surface area contributed by atoms with Gasteiger partial charge in [-0.1, -0.05) is 24.3 Å². The maximum atomic E-state index is 11.2. The van der Waals surface area contributed by atoms with Gasteiger partial charge in [0.05, 0.1) is 20.3 Å². The summed E-state index contributed by atoms with van der Waals surface area (Å²) in [5.41, 5.74) is 0.788. The van der Waals surface area contributed by atoms with Crippen molar-refractivity contribution in [2.75, 3.05) is 27.4 Å². The Hall–Kier alpha value is -3.71. The van der Waals surface area contributed by atoms with E-state index < -0.39 is 12.1 Å². The van der Waals surface area contributed by atoms with Crippen molar-refractivity contribution in [3.63, 3.8) is 0 Å². The second kappa shape index (κ2) is 12.4. The Balaban J connectivity index is 1.42. The van der Waals surface area contributed by atoms with Crippen LogP contribution < -0.4 is 18.9 Å². The van der Waals surface area contributed by atoms with Gasteiger partial charge in [0.25, 0.3) is 0 Å². The Labute approximate surface area is 193 Å². The third kappa shape index (κ3) is 7.43. The van der Waals surface area contributed by atoms with E-state index in [1.54, 1.807) is 19.2 Å². The fraction of sp³-hybridized carbons (Fsp3) is 0.269. The van der Waals surface area contributed by atoms with Crippen LogP contribution in [0.4, 0.5) is 0 Å². The maximum Gasteiger partial charge on any atom is 0.333 e. The lowest BCUT2D eigenvalue weighted by Crippen LogP contribution is -2.24. The average molecular weight is 453 g/mol. The van der Waals surface area contributed by atoms with Crippen LogP contribution in [0.25, 0.3) is 0 Å². The molecule has 0 heterocycles. The number of para-hydroxylation sites is 1. The van der Waals surface area contributed by atoms with Crippen LogP contribution in [-0.2, 0) is 16.0 Å². The number of hydrogen-bond acceptors (Lipinski definition) is 6. The molecule has 0 aliphatic rings. The fourth-order valence-corrected chi connectivity index (χ4v) is 3.10. The highest BCUT2D eigenvalue weighted by atomic mass is 16.5. The van der Waals surface area contributed by atoms with Crippen LogP contribution in [0.15, 0.2) is 72.8 Å². The molecule has 0 aromatic heterocycles. The van der Waals surface area contributed by atoms with E-state index in [0.717, 1.165) is 22.8 Å². The number of aliphatic carboxylic acids is 1. The molecule has 33 heavy (non-hydrogen) atoms. The summed E-state index contributed by atoms with van der Waals surface area (Å²) in [6.07, 6.45) is 0.0151. The number of carboxylic acids is 1. The largest absolute Gasteiger partial charge is 0.493 e. The molecule has 0 unspecified atom stereocenters. The number of rotatable bonds is 13. The molecule has 3 aromatic carbocycles. The first-order chi connectivity index (χ1) is 16.1. The highest BCUT2D eigenvalue weighted by molar-refractivity contribution is 5.72. The van der Waals surface area contributed by atoms with Gasteiger partial charge in [-0.05, 0) is 54.1 Å². The standard InChI is InChI=1S/C26H28O7/c1-29-24-17-19(18-25(30-2)26(27)28)9-14-23(24)32-16-6-15-31-20-10-12-22(13-11-20)33-21-7-4-3-5-8-21/h3-5,7-14,17,25H,6,15-16,18H2,1-2H3,(H,27,28)/t25-/m0/s1. The molecule has 1 atom stereocenters. The summed E-state index contributed by atoms with van der Waals surface area (Å²) in [5.74, 6) is 2.41. The minimum Gasteiger partial charge on any atom is -0.493 e. The molecule has 0 aliphatic carbocycles. The smallest absolute Gasteiger partial charge is 0.333 e. The second-order valence-corrected chi connectivity index (χ2v) is 7.19. The monoisotopic (exact) mass is 452 g/mol. The summed E-state index contributed by atoms with van der Waals surface area (Å²) in [4.78, 5) is 11.2. The van der Waals surface area contributed by atoms with Crippen molar-refractivity contribution in [1.82, 2.24) is 0 Å². The third-order valence-electron chi connectivity index (χ3n) is 4.83. The van der Waals surface area contributed by atoms with Gasteiger partial charge in [-0.2, -0.15) is 0 Å². The number of methoxy groups -OCH3 is 2. The van der Waals surface area contributed by atoms with E-state index in [1.807, 2.05) is 60.7 Å². The Morgan fingerprint density at radius 2 is 1.48 bits per heavy atom. The lowest BCUT2D eigenvalue weighted by atomic mass is 10.1. The number of carbonyl (C=O) groups is 1. The first kappa shape index (κ1) is 23.9.